The van der Waals surface area contributed by atoms with E-state index in [2.05, 4.69) is 26.6 Å². The lowest BCUT2D eigenvalue weighted by Crippen LogP contribution is -2.50. The average Bonchev–Trinajstić information content (AvgIpc) is 3.59. The second-order valence-electron chi connectivity index (χ2n) is 9.68. The summed E-state index contributed by atoms with van der Waals surface area (Å²) in [6.45, 7) is 3.86. The van der Waals surface area contributed by atoms with Gasteiger partial charge in [-0.1, -0.05) is 0 Å². The van der Waals surface area contributed by atoms with E-state index in [9.17, 15) is 19.1 Å². The fourth-order valence-corrected chi connectivity index (χ4v) is 5.86. The number of hydrogen-bond acceptors (Lipinski definition) is 9. The number of halogens is 1. The van der Waals surface area contributed by atoms with Crippen LogP contribution in [0.5, 0.6) is 5.75 Å². The number of nitrogens with one attached hydrogen (secondary N) is 2. The Bertz CT molecular complexity index is 1720. The number of rotatable bonds is 8. The maximum Gasteiger partial charge on any atom is 0.255 e. The Balaban J connectivity index is 1.34. The molecule has 13 heteroatoms. The molecule has 4 aromatic rings. The molecule has 2 amide bonds. The number of thiophene rings is 1. The van der Waals surface area contributed by atoms with Gasteiger partial charge in [-0.25, -0.2) is 14.4 Å². The van der Waals surface area contributed by atoms with E-state index < -0.39 is 23.8 Å². The number of fused-ring (bicyclic) bond motifs is 1. The number of hydrogen-bond donors (Lipinski definition) is 3. The van der Waals surface area contributed by atoms with Crippen LogP contribution in [0.3, 0.4) is 0 Å². The van der Waals surface area contributed by atoms with Crippen LogP contribution in [0.1, 0.15) is 39.3 Å². The molecule has 1 aliphatic rings. The number of amides is 2. The number of aromatic nitrogens is 4. The first-order valence-corrected chi connectivity index (χ1v) is 13.8. The highest BCUT2D eigenvalue weighted by Gasteiger charge is 2.34. The van der Waals surface area contributed by atoms with Crippen LogP contribution in [-0.2, 0) is 18.3 Å². The molecule has 0 bridgehead atoms. The number of aliphatic hydroxyl groups excluding tert-OH is 1. The van der Waals surface area contributed by atoms with Gasteiger partial charge in [-0.3, -0.25) is 14.3 Å². The molecule has 216 valence electrons. The third-order valence-corrected chi connectivity index (χ3v) is 8.15. The van der Waals surface area contributed by atoms with Gasteiger partial charge >= 0.3 is 0 Å². The van der Waals surface area contributed by atoms with Crippen molar-refractivity contribution in [3.63, 3.8) is 0 Å². The van der Waals surface area contributed by atoms with E-state index in [1.165, 1.54) is 41.5 Å². The van der Waals surface area contributed by atoms with Crippen LogP contribution in [0.15, 0.2) is 42.7 Å². The van der Waals surface area contributed by atoms with E-state index in [1.54, 1.807) is 36.2 Å². The molecule has 3 aromatic heterocycles. The Morgan fingerprint density at radius 1 is 1.29 bits per heavy atom. The molecule has 5 rings (SSSR count). The van der Waals surface area contributed by atoms with E-state index in [1.807, 2.05) is 20.0 Å². The minimum atomic E-state index is -1.02. The first kappa shape index (κ1) is 28.6. The maximum absolute atomic E-state index is 14.1. The number of ether oxygens (including phenoxy) is 1. The first-order chi connectivity index (χ1) is 20.2. The van der Waals surface area contributed by atoms with Crippen LogP contribution in [0.25, 0.3) is 10.6 Å². The van der Waals surface area contributed by atoms with E-state index in [-0.39, 0.29) is 11.7 Å². The number of carbonyl (C=O) groups excluding carboxylic acids is 2. The van der Waals surface area contributed by atoms with Crippen molar-refractivity contribution >= 4 is 34.9 Å². The summed E-state index contributed by atoms with van der Waals surface area (Å²) in [7, 11) is 3.20. The van der Waals surface area contributed by atoms with Crippen molar-refractivity contribution < 1.29 is 23.8 Å². The van der Waals surface area contributed by atoms with Crippen LogP contribution in [-0.4, -0.2) is 61.3 Å². The molecule has 0 fully saturated rings. The fourth-order valence-electron chi connectivity index (χ4n) is 4.66. The zero-order chi connectivity index (χ0) is 30.0. The Morgan fingerprint density at radius 3 is 2.81 bits per heavy atom. The van der Waals surface area contributed by atoms with Crippen molar-refractivity contribution in [2.75, 3.05) is 19.0 Å². The van der Waals surface area contributed by atoms with Crippen molar-refractivity contribution in [1.29, 1.82) is 0 Å². The molecule has 4 heterocycles. The van der Waals surface area contributed by atoms with Gasteiger partial charge in [0.15, 0.2) is 0 Å². The molecule has 42 heavy (non-hydrogen) atoms. The zero-order valence-corrected chi connectivity index (χ0v) is 24.1. The van der Waals surface area contributed by atoms with Gasteiger partial charge in [0, 0.05) is 43.2 Å². The van der Waals surface area contributed by atoms with E-state index in [0.29, 0.717) is 35.7 Å². The minimum Gasteiger partial charge on any atom is -0.497 e. The largest absolute Gasteiger partial charge is 0.497 e. The molecule has 0 aliphatic carbocycles. The van der Waals surface area contributed by atoms with Crippen molar-refractivity contribution in [3.05, 3.63) is 70.1 Å². The molecular weight excluding hydrogens is 561 g/mol. The van der Waals surface area contributed by atoms with Crippen molar-refractivity contribution in [3.8, 4) is 28.3 Å². The number of aliphatic hydroxyl groups is 1. The average molecular weight is 590 g/mol. The lowest BCUT2D eigenvalue weighted by atomic mass is 10.0. The van der Waals surface area contributed by atoms with Crippen LogP contribution in [0.2, 0.25) is 0 Å². The third-order valence-electron chi connectivity index (χ3n) is 6.95. The molecule has 0 saturated heterocycles. The summed E-state index contributed by atoms with van der Waals surface area (Å²) >= 11 is 1.49. The molecule has 0 saturated carbocycles. The molecule has 11 nitrogen and oxygen atoms in total. The molecule has 2 atom stereocenters. The highest BCUT2D eigenvalue weighted by atomic mass is 32.1. The highest BCUT2D eigenvalue weighted by molar-refractivity contribution is 7.15. The summed E-state index contributed by atoms with van der Waals surface area (Å²) in [5.41, 5.74) is 2.36. The summed E-state index contributed by atoms with van der Waals surface area (Å²) < 4.78 is 20.9. The number of nitrogens with zero attached hydrogens (tertiary/aromatic N) is 5. The van der Waals surface area contributed by atoms with Crippen LogP contribution < -0.4 is 15.4 Å². The highest BCUT2D eigenvalue weighted by Crippen LogP contribution is 2.36. The van der Waals surface area contributed by atoms with Gasteiger partial charge in [0.05, 0.1) is 29.4 Å². The Kier molecular flexibility index (Phi) is 8.08. The molecule has 0 radical (unpaired) electrons. The Morgan fingerprint density at radius 2 is 2.10 bits per heavy atom. The summed E-state index contributed by atoms with van der Waals surface area (Å²) in [6.07, 6.45) is 5.74. The Hall–Kier alpha value is -4.96. The SMILES string of the molecule is COc1cc(F)cc([C@@H](C#CO)NC(=O)[C@@H](C)N2CCc3sc(-c4nc(Nc5ccnn5C)ncc4C)cc3C2=O)c1. The molecule has 3 N–H and O–H groups in total. The van der Waals surface area contributed by atoms with E-state index >= 15 is 0 Å². The standard InChI is InChI=1S/C29H28FN7O4S/c1-16-15-31-29(34-25-5-8-32-36(25)3)35-26(16)24-14-21-23(42-24)6-9-37(28(21)40)17(2)27(39)33-22(7-10-38)18-11-19(30)13-20(12-18)41-4/h5,8,11-15,17,22,38H,6,9H2,1-4H3,(H,33,39)(H,31,34,35)/t17-,22-/m1/s1. The van der Waals surface area contributed by atoms with Crippen molar-refractivity contribution in [2.24, 2.45) is 7.05 Å². The number of benzene rings is 1. The van der Waals surface area contributed by atoms with Gasteiger partial charge in [0.1, 0.15) is 35.6 Å². The number of methoxy groups -OCH3 is 1. The van der Waals surface area contributed by atoms with Gasteiger partial charge in [0.25, 0.3) is 5.91 Å². The predicted molar refractivity (Wildman–Crippen MR) is 154 cm³/mol. The zero-order valence-electron chi connectivity index (χ0n) is 23.3. The quantitative estimate of drug-likeness (QED) is 0.265. The summed E-state index contributed by atoms with van der Waals surface area (Å²) in [5, 5.41) is 19.2. The summed E-state index contributed by atoms with van der Waals surface area (Å²) in [4.78, 5) is 39.1. The van der Waals surface area contributed by atoms with Gasteiger partial charge in [-0.15, -0.1) is 11.3 Å². The fraction of sp³-hybridized carbons (Fsp3) is 0.276. The van der Waals surface area contributed by atoms with Crippen LogP contribution >= 0.6 is 11.3 Å². The molecular formula is C29H28FN7O4S. The van der Waals surface area contributed by atoms with Gasteiger partial charge in [0.2, 0.25) is 11.9 Å². The molecule has 0 unspecified atom stereocenters. The third kappa shape index (κ3) is 5.75. The number of anilines is 2. The number of carbonyl (C=O) groups is 2. The first-order valence-electron chi connectivity index (χ1n) is 13.0. The summed E-state index contributed by atoms with van der Waals surface area (Å²) in [5.74, 6) is 2.48. The van der Waals surface area contributed by atoms with Gasteiger partial charge < -0.3 is 25.4 Å². The molecule has 0 spiro atoms. The lowest BCUT2D eigenvalue weighted by molar-refractivity contribution is -0.125. The molecule has 1 aromatic carbocycles. The van der Waals surface area contributed by atoms with E-state index in [0.717, 1.165) is 21.1 Å². The van der Waals surface area contributed by atoms with Crippen LogP contribution in [0, 0.1) is 24.8 Å². The van der Waals surface area contributed by atoms with Crippen molar-refractivity contribution in [1.82, 2.24) is 30.0 Å². The van der Waals surface area contributed by atoms with Gasteiger partial charge in [-0.2, -0.15) is 5.10 Å². The second kappa shape index (κ2) is 11.9. The number of aryl methyl sites for hydroxylation is 2. The lowest BCUT2D eigenvalue weighted by Gasteiger charge is -2.32. The van der Waals surface area contributed by atoms with Crippen LogP contribution in [0.4, 0.5) is 16.2 Å². The topological polar surface area (TPSA) is 134 Å². The monoisotopic (exact) mass is 589 g/mol. The Labute approximate surface area is 245 Å². The van der Waals surface area contributed by atoms with E-state index in [4.69, 9.17) is 9.72 Å². The predicted octanol–water partition coefficient (Wildman–Crippen LogP) is 3.72. The van der Waals surface area contributed by atoms with Gasteiger partial charge in [-0.05, 0) is 49.1 Å². The normalized spacial score (nSPS) is 13.9. The van der Waals surface area contributed by atoms with Crippen molar-refractivity contribution in [2.45, 2.75) is 32.4 Å². The maximum atomic E-state index is 14.1. The smallest absolute Gasteiger partial charge is 0.255 e. The molecule has 1 aliphatic heterocycles. The summed E-state index contributed by atoms with van der Waals surface area (Å²) in [6, 6.07) is 5.64. The minimum absolute atomic E-state index is 0.239. The second-order valence-corrected chi connectivity index (χ2v) is 10.8.